The highest BCUT2D eigenvalue weighted by Gasteiger charge is 2.25. The van der Waals surface area contributed by atoms with Crippen molar-refractivity contribution >= 4 is 11.6 Å². The quantitative estimate of drug-likeness (QED) is 0.746. The van der Waals surface area contributed by atoms with Gasteiger partial charge in [-0.15, -0.1) is 0 Å². The molecule has 6 heteroatoms. The Balaban J connectivity index is 0.00000182. The van der Waals surface area contributed by atoms with Crippen molar-refractivity contribution in [1.82, 2.24) is 20.2 Å². The number of hydrogen-bond acceptors (Lipinski definition) is 5. The maximum atomic E-state index is 8.73. The molecule has 2 aromatic heterocycles. The Hall–Kier alpha value is -3.20. The van der Waals surface area contributed by atoms with E-state index in [9.17, 15) is 0 Å². The fraction of sp³-hybridized carbons (Fsp3) is 0.222. The molecule has 1 fully saturated rings. The lowest BCUT2D eigenvalue weighted by Crippen LogP contribution is -1.97. The normalized spacial score (nSPS) is 13.5. The lowest BCUT2D eigenvalue weighted by molar-refractivity contribution is 0.966. The molecular weight excluding hydrogens is 300 g/mol. The third-order valence-electron chi connectivity index (χ3n) is 4.02. The van der Waals surface area contributed by atoms with Gasteiger partial charge in [0.15, 0.2) is 11.6 Å². The lowest BCUT2D eigenvalue weighted by Gasteiger charge is -2.05. The van der Waals surface area contributed by atoms with Crippen LogP contribution in [0.15, 0.2) is 42.6 Å². The predicted octanol–water partition coefficient (Wildman–Crippen LogP) is 3.80. The first-order chi connectivity index (χ1) is 11.8. The van der Waals surface area contributed by atoms with Crippen molar-refractivity contribution in [1.29, 1.82) is 5.26 Å². The molecule has 0 saturated heterocycles. The van der Waals surface area contributed by atoms with Gasteiger partial charge in [0.05, 0.1) is 12.5 Å². The summed E-state index contributed by atoms with van der Waals surface area (Å²) >= 11 is 0. The van der Waals surface area contributed by atoms with Crippen molar-refractivity contribution in [2.75, 3.05) is 5.32 Å². The Kier molecular flexibility index (Phi) is 3.67. The van der Waals surface area contributed by atoms with Crippen LogP contribution in [-0.2, 0) is 6.42 Å². The number of anilines is 2. The third-order valence-corrected chi connectivity index (χ3v) is 4.02. The highest BCUT2D eigenvalue weighted by molar-refractivity contribution is 5.60. The van der Waals surface area contributed by atoms with E-state index in [0.29, 0.717) is 24.0 Å². The molecular formula is C18H18N6. The molecule has 4 rings (SSSR count). The Morgan fingerprint density at radius 1 is 1.21 bits per heavy atom. The summed E-state index contributed by atoms with van der Waals surface area (Å²) in [6, 6.07) is 13.7. The summed E-state index contributed by atoms with van der Waals surface area (Å²) < 4.78 is 0. The maximum absolute atomic E-state index is 8.73. The number of nitriles is 1. The van der Waals surface area contributed by atoms with Crippen LogP contribution in [0.25, 0.3) is 11.4 Å². The van der Waals surface area contributed by atoms with Crippen LogP contribution in [-0.4, -0.2) is 20.2 Å². The maximum Gasteiger partial charge on any atom is 0.161 e. The number of aromatic nitrogens is 4. The molecule has 1 aromatic carbocycles. The summed E-state index contributed by atoms with van der Waals surface area (Å²) in [4.78, 5) is 8.87. The van der Waals surface area contributed by atoms with E-state index in [-0.39, 0.29) is 1.43 Å². The van der Waals surface area contributed by atoms with E-state index in [1.165, 1.54) is 18.5 Å². The van der Waals surface area contributed by atoms with Crippen LogP contribution in [0.5, 0.6) is 0 Å². The summed E-state index contributed by atoms with van der Waals surface area (Å²) in [5.41, 5.74) is 3.08. The van der Waals surface area contributed by atoms with Crippen LogP contribution in [0, 0.1) is 11.3 Å². The summed E-state index contributed by atoms with van der Waals surface area (Å²) in [7, 11) is 0. The number of rotatable bonds is 5. The van der Waals surface area contributed by atoms with Gasteiger partial charge < -0.3 is 5.32 Å². The second kappa shape index (κ2) is 6.13. The van der Waals surface area contributed by atoms with Crippen molar-refractivity contribution in [3.63, 3.8) is 0 Å². The van der Waals surface area contributed by atoms with E-state index in [0.717, 1.165) is 16.9 Å². The molecule has 0 amide bonds. The second-order valence-electron chi connectivity index (χ2n) is 5.91. The number of H-pyrrole nitrogens is 1. The largest absolute Gasteiger partial charge is 0.323 e. The minimum absolute atomic E-state index is 0. The van der Waals surface area contributed by atoms with Crippen LogP contribution in [0.2, 0.25) is 0 Å². The van der Waals surface area contributed by atoms with Crippen LogP contribution in [0.3, 0.4) is 0 Å². The molecule has 0 aliphatic heterocycles. The lowest BCUT2D eigenvalue weighted by atomic mass is 10.1. The van der Waals surface area contributed by atoms with Gasteiger partial charge in [-0.05, 0) is 24.5 Å². The van der Waals surface area contributed by atoms with Crippen LogP contribution in [0.4, 0.5) is 11.6 Å². The first kappa shape index (κ1) is 14.4. The predicted molar refractivity (Wildman–Crippen MR) is 92.7 cm³/mol. The molecule has 1 aliphatic rings. The Morgan fingerprint density at radius 3 is 2.79 bits per heavy atom. The number of hydrogen-bond donors (Lipinski definition) is 2. The summed E-state index contributed by atoms with van der Waals surface area (Å²) in [5.74, 6) is 2.75. The van der Waals surface area contributed by atoms with Gasteiger partial charge in [0.1, 0.15) is 5.82 Å². The molecule has 0 spiro atoms. The van der Waals surface area contributed by atoms with Gasteiger partial charge in [0.25, 0.3) is 0 Å². The average Bonchev–Trinajstić information content (AvgIpc) is 3.36. The molecule has 0 radical (unpaired) electrons. The smallest absolute Gasteiger partial charge is 0.161 e. The van der Waals surface area contributed by atoms with Gasteiger partial charge in [0.2, 0.25) is 0 Å². The van der Waals surface area contributed by atoms with Crippen molar-refractivity contribution in [3.8, 4) is 17.5 Å². The van der Waals surface area contributed by atoms with Gasteiger partial charge in [-0.1, -0.05) is 24.3 Å². The molecule has 2 heterocycles. The molecule has 0 unspecified atom stereocenters. The molecule has 6 nitrogen and oxygen atoms in total. The minimum Gasteiger partial charge on any atom is -0.323 e. The first-order valence-corrected chi connectivity index (χ1v) is 7.93. The summed E-state index contributed by atoms with van der Waals surface area (Å²) in [6.07, 6.45) is 4.61. The first-order valence-electron chi connectivity index (χ1n) is 7.93. The van der Waals surface area contributed by atoms with Crippen LogP contribution in [0.1, 0.15) is 31.4 Å². The number of aromatic amines is 1. The van der Waals surface area contributed by atoms with E-state index in [1.807, 2.05) is 36.4 Å². The topological polar surface area (TPSA) is 90.3 Å². The minimum atomic E-state index is 0. The number of benzene rings is 1. The number of nitrogens with zero attached hydrogens (tertiary/aromatic N) is 4. The molecule has 120 valence electrons. The SMILES string of the molecule is N#CCc1ccc(-c2nccc(Nc3cc(C4CC4)[nH]n3)n2)cc1.[HH]. The van der Waals surface area contributed by atoms with Crippen molar-refractivity contribution in [3.05, 3.63) is 53.9 Å². The Bertz CT molecular complexity index is 892. The van der Waals surface area contributed by atoms with E-state index in [2.05, 4.69) is 31.6 Å². The fourth-order valence-corrected chi connectivity index (χ4v) is 2.57. The van der Waals surface area contributed by atoms with Crippen molar-refractivity contribution < 1.29 is 1.43 Å². The zero-order chi connectivity index (χ0) is 16.4. The number of nitrogens with one attached hydrogen (secondary N) is 2. The van der Waals surface area contributed by atoms with Gasteiger partial charge in [-0.3, -0.25) is 5.10 Å². The molecule has 3 aromatic rings. The second-order valence-corrected chi connectivity index (χ2v) is 5.91. The molecule has 1 saturated carbocycles. The Morgan fingerprint density at radius 2 is 2.04 bits per heavy atom. The summed E-state index contributed by atoms with van der Waals surface area (Å²) in [6.45, 7) is 0. The highest BCUT2D eigenvalue weighted by atomic mass is 15.2. The molecule has 0 atom stereocenters. The van der Waals surface area contributed by atoms with Gasteiger partial charge >= 0.3 is 0 Å². The summed E-state index contributed by atoms with van der Waals surface area (Å²) in [5, 5.41) is 19.3. The zero-order valence-corrected chi connectivity index (χ0v) is 13.0. The molecule has 1 aliphatic carbocycles. The standard InChI is InChI=1S/C18H16N6.H2/c19-9-7-12-1-3-14(4-2-12)18-20-10-8-16(22-18)21-17-11-15(23-24-17)13-5-6-13;/h1-4,8,10-11,13H,5-7H2,(H2,20,21,22,23,24);1H. The van der Waals surface area contributed by atoms with Gasteiger partial charge in [0, 0.05) is 30.9 Å². The monoisotopic (exact) mass is 318 g/mol. The van der Waals surface area contributed by atoms with Crippen molar-refractivity contribution in [2.24, 2.45) is 0 Å². The highest BCUT2D eigenvalue weighted by Crippen LogP contribution is 2.39. The molecule has 2 N–H and O–H groups in total. The molecule has 24 heavy (non-hydrogen) atoms. The van der Waals surface area contributed by atoms with Gasteiger partial charge in [-0.25, -0.2) is 9.97 Å². The van der Waals surface area contributed by atoms with E-state index in [1.54, 1.807) is 6.20 Å². The fourth-order valence-electron chi connectivity index (χ4n) is 2.57. The Labute approximate surface area is 141 Å². The average molecular weight is 318 g/mol. The zero-order valence-electron chi connectivity index (χ0n) is 13.0. The van der Waals surface area contributed by atoms with E-state index in [4.69, 9.17) is 5.26 Å². The van der Waals surface area contributed by atoms with Crippen molar-refractivity contribution in [2.45, 2.75) is 25.2 Å². The van der Waals surface area contributed by atoms with Crippen LogP contribution < -0.4 is 5.32 Å². The van der Waals surface area contributed by atoms with Gasteiger partial charge in [-0.2, -0.15) is 10.4 Å². The van der Waals surface area contributed by atoms with E-state index >= 15 is 0 Å². The van der Waals surface area contributed by atoms with E-state index < -0.39 is 0 Å². The van der Waals surface area contributed by atoms with Crippen LogP contribution >= 0.6 is 0 Å². The molecule has 0 bridgehead atoms. The third kappa shape index (κ3) is 3.10.